The second kappa shape index (κ2) is 12.6. The largest absolute Gasteiger partial charge is 0.349 e. The Morgan fingerprint density at radius 1 is 0.833 bits per heavy atom. The van der Waals surface area contributed by atoms with Gasteiger partial charge in [-0.05, 0) is 24.0 Å². The van der Waals surface area contributed by atoms with Gasteiger partial charge in [-0.15, -0.1) is 0 Å². The second-order valence-corrected chi connectivity index (χ2v) is 5.15. The van der Waals surface area contributed by atoms with Crippen molar-refractivity contribution in [2.45, 2.75) is 79.3 Å². The van der Waals surface area contributed by atoms with E-state index in [2.05, 4.69) is 10.6 Å². The van der Waals surface area contributed by atoms with Crippen LogP contribution in [0, 0.1) is 0 Å². The molecule has 0 aliphatic heterocycles. The van der Waals surface area contributed by atoms with Gasteiger partial charge in [0, 0.05) is 12.8 Å². The van der Waals surface area contributed by atoms with Crippen molar-refractivity contribution in [3.8, 4) is 0 Å². The van der Waals surface area contributed by atoms with E-state index in [0.717, 1.165) is 24.0 Å². The highest BCUT2D eigenvalue weighted by Gasteiger charge is 2.28. The van der Waals surface area contributed by atoms with Gasteiger partial charge in [-0.1, -0.05) is 65.8 Å². The summed E-state index contributed by atoms with van der Waals surface area (Å²) in [5.41, 5.74) is 2.25. The van der Waals surface area contributed by atoms with Crippen molar-refractivity contribution in [1.29, 1.82) is 0 Å². The molecule has 136 valence electrons. The van der Waals surface area contributed by atoms with E-state index < -0.39 is 0 Å². The minimum Gasteiger partial charge on any atom is -0.349 e. The Hall–Kier alpha value is -1.84. The number of benzene rings is 1. The normalized spacial score (nSPS) is 17.9. The summed E-state index contributed by atoms with van der Waals surface area (Å²) in [6.45, 7) is 11.7. The average molecular weight is 335 g/mol. The molecule has 0 bridgehead atoms. The van der Waals surface area contributed by atoms with Gasteiger partial charge in [0.15, 0.2) is 0 Å². The zero-order valence-corrected chi connectivity index (χ0v) is 16.1. The Bertz CT molecular complexity index is 455. The zero-order chi connectivity index (χ0) is 18.5. The summed E-state index contributed by atoms with van der Waals surface area (Å²) in [4.78, 5) is 23.2. The lowest BCUT2D eigenvalue weighted by atomic mass is 9.84. The maximum Gasteiger partial charge on any atom is 0.220 e. The maximum absolute atomic E-state index is 11.6. The minimum atomic E-state index is 0.0634. The van der Waals surface area contributed by atoms with Gasteiger partial charge >= 0.3 is 0 Å². The fourth-order valence-corrected chi connectivity index (χ4v) is 2.68. The van der Waals surface area contributed by atoms with Crippen molar-refractivity contribution in [3.05, 3.63) is 35.4 Å². The number of hydrogen-bond donors (Lipinski definition) is 2. The molecule has 0 saturated heterocycles. The van der Waals surface area contributed by atoms with Crippen molar-refractivity contribution in [3.63, 3.8) is 0 Å². The predicted molar refractivity (Wildman–Crippen MR) is 101 cm³/mol. The van der Waals surface area contributed by atoms with Crippen molar-refractivity contribution in [1.82, 2.24) is 10.6 Å². The van der Waals surface area contributed by atoms with E-state index in [1.54, 1.807) is 0 Å². The van der Waals surface area contributed by atoms with Crippen LogP contribution >= 0.6 is 0 Å². The van der Waals surface area contributed by atoms with Gasteiger partial charge in [-0.2, -0.15) is 0 Å². The highest BCUT2D eigenvalue weighted by Crippen LogP contribution is 2.36. The van der Waals surface area contributed by atoms with Crippen molar-refractivity contribution in [2.24, 2.45) is 0 Å². The number of rotatable bonds is 4. The fraction of sp³-hybridized carbons (Fsp3) is 0.600. The van der Waals surface area contributed by atoms with Crippen molar-refractivity contribution >= 4 is 11.8 Å². The van der Waals surface area contributed by atoms with Crippen molar-refractivity contribution < 1.29 is 9.59 Å². The van der Waals surface area contributed by atoms with Gasteiger partial charge in [0.2, 0.25) is 11.8 Å². The molecule has 0 aromatic heterocycles. The van der Waals surface area contributed by atoms with Crippen LogP contribution in [0.5, 0.6) is 0 Å². The predicted octanol–water partition coefficient (Wildman–Crippen LogP) is 4.67. The minimum absolute atomic E-state index is 0.0634. The van der Waals surface area contributed by atoms with Crippen LogP contribution < -0.4 is 10.6 Å². The SMILES string of the molecule is CC.CC.CCC(=O)NC1CCC(NC(=O)CC)c2ccccc21. The molecule has 24 heavy (non-hydrogen) atoms. The smallest absolute Gasteiger partial charge is 0.220 e. The van der Waals surface area contributed by atoms with Gasteiger partial charge in [-0.3, -0.25) is 9.59 Å². The quantitative estimate of drug-likeness (QED) is 0.841. The molecule has 0 saturated carbocycles. The molecule has 2 atom stereocenters. The molecule has 1 aromatic carbocycles. The molecular formula is C20H34N2O2. The van der Waals surface area contributed by atoms with E-state index in [-0.39, 0.29) is 23.9 Å². The molecule has 4 heteroatoms. The molecule has 2 amide bonds. The van der Waals surface area contributed by atoms with Gasteiger partial charge in [0.25, 0.3) is 0 Å². The number of fused-ring (bicyclic) bond motifs is 1. The molecule has 0 fully saturated rings. The first-order valence-corrected chi connectivity index (χ1v) is 9.33. The van der Waals surface area contributed by atoms with E-state index in [1.807, 2.05) is 65.8 Å². The zero-order valence-electron chi connectivity index (χ0n) is 16.1. The van der Waals surface area contributed by atoms with Gasteiger partial charge < -0.3 is 10.6 Å². The van der Waals surface area contributed by atoms with Gasteiger partial charge in [-0.25, -0.2) is 0 Å². The summed E-state index contributed by atoms with van der Waals surface area (Å²) in [5.74, 6) is 0.140. The molecule has 1 aliphatic rings. The first-order valence-electron chi connectivity index (χ1n) is 9.33. The number of hydrogen-bond acceptors (Lipinski definition) is 2. The average Bonchev–Trinajstić information content (AvgIpc) is 2.66. The Morgan fingerprint density at radius 3 is 1.46 bits per heavy atom. The third-order valence-corrected chi connectivity index (χ3v) is 3.80. The van der Waals surface area contributed by atoms with E-state index in [9.17, 15) is 9.59 Å². The third-order valence-electron chi connectivity index (χ3n) is 3.80. The van der Waals surface area contributed by atoms with E-state index in [4.69, 9.17) is 0 Å². The third kappa shape index (κ3) is 6.34. The number of amides is 2. The molecule has 0 spiro atoms. The summed E-state index contributed by atoms with van der Waals surface area (Å²) in [5, 5.41) is 6.12. The molecule has 1 aliphatic carbocycles. The molecular weight excluding hydrogens is 300 g/mol. The fourth-order valence-electron chi connectivity index (χ4n) is 2.68. The molecule has 0 radical (unpaired) electrons. The van der Waals surface area contributed by atoms with Gasteiger partial charge in [0.05, 0.1) is 12.1 Å². The number of carbonyl (C=O) groups excluding carboxylic acids is 2. The van der Waals surface area contributed by atoms with Crippen LogP contribution in [0.4, 0.5) is 0 Å². The Balaban J connectivity index is 0.00000123. The van der Waals surface area contributed by atoms with E-state index in [1.165, 1.54) is 0 Å². The Labute approximate surface area is 147 Å². The van der Waals surface area contributed by atoms with Crippen molar-refractivity contribution in [2.75, 3.05) is 0 Å². The summed E-state index contributed by atoms with van der Waals surface area (Å²) >= 11 is 0. The standard InChI is InChI=1S/C16H22N2O2.2C2H6/c1-3-15(19)17-13-9-10-14(18-16(20)4-2)12-8-6-5-7-11(12)13;2*1-2/h5-8,13-14H,3-4,9-10H2,1-2H3,(H,17,19)(H,18,20);2*1-2H3. The highest BCUT2D eigenvalue weighted by molar-refractivity contribution is 5.77. The van der Waals surface area contributed by atoms with Crippen LogP contribution in [-0.2, 0) is 9.59 Å². The monoisotopic (exact) mass is 334 g/mol. The van der Waals surface area contributed by atoms with Crippen LogP contribution in [0.2, 0.25) is 0 Å². The molecule has 0 heterocycles. The van der Waals surface area contributed by atoms with Crippen LogP contribution in [0.25, 0.3) is 0 Å². The van der Waals surface area contributed by atoms with Crippen LogP contribution in [-0.4, -0.2) is 11.8 Å². The summed E-state index contributed by atoms with van der Waals surface area (Å²) in [7, 11) is 0. The molecule has 4 nitrogen and oxygen atoms in total. The Morgan fingerprint density at radius 2 is 1.17 bits per heavy atom. The summed E-state index contributed by atoms with van der Waals surface area (Å²) in [6, 6.07) is 8.17. The highest BCUT2D eigenvalue weighted by atomic mass is 16.2. The first kappa shape index (κ1) is 22.2. The topological polar surface area (TPSA) is 58.2 Å². The molecule has 2 N–H and O–H groups in total. The van der Waals surface area contributed by atoms with E-state index >= 15 is 0 Å². The number of nitrogens with one attached hydrogen (secondary N) is 2. The number of carbonyl (C=O) groups is 2. The van der Waals surface area contributed by atoms with Crippen LogP contribution in [0.3, 0.4) is 0 Å². The summed E-state index contributed by atoms with van der Waals surface area (Å²) in [6.07, 6.45) is 2.71. The van der Waals surface area contributed by atoms with Gasteiger partial charge in [0.1, 0.15) is 0 Å². The second-order valence-electron chi connectivity index (χ2n) is 5.15. The van der Waals surface area contributed by atoms with Crippen LogP contribution in [0.15, 0.2) is 24.3 Å². The first-order chi connectivity index (χ1) is 11.7. The maximum atomic E-state index is 11.6. The van der Waals surface area contributed by atoms with E-state index in [0.29, 0.717) is 12.8 Å². The molecule has 2 unspecified atom stereocenters. The molecule has 1 aromatic rings. The lowest BCUT2D eigenvalue weighted by Gasteiger charge is -2.32. The lowest BCUT2D eigenvalue weighted by molar-refractivity contribution is -0.123. The summed E-state index contributed by atoms with van der Waals surface area (Å²) < 4.78 is 0. The lowest BCUT2D eigenvalue weighted by Crippen LogP contribution is -2.36. The Kier molecular flexibility index (Phi) is 11.6. The molecule has 2 rings (SSSR count). The van der Waals surface area contributed by atoms with Crippen LogP contribution in [0.1, 0.15) is 90.4 Å².